The van der Waals surface area contributed by atoms with Crippen molar-refractivity contribution in [1.29, 1.82) is 0 Å². The van der Waals surface area contributed by atoms with Gasteiger partial charge in [-0.3, -0.25) is 0 Å². The molecule has 0 saturated carbocycles. The van der Waals surface area contributed by atoms with E-state index in [2.05, 4.69) is 11.5 Å². The number of ether oxygens (including phenoxy) is 3. The van der Waals surface area contributed by atoms with E-state index in [0.717, 1.165) is 24.2 Å². The number of thioether (sulfide) groups is 1. The third-order valence-corrected chi connectivity index (χ3v) is 4.67. The van der Waals surface area contributed by atoms with Gasteiger partial charge in [0.2, 0.25) is 0 Å². The Kier molecular flexibility index (Phi) is 16.4. The molecule has 0 aromatic heterocycles. The van der Waals surface area contributed by atoms with Gasteiger partial charge in [0.1, 0.15) is 11.5 Å². The highest BCUT2D eigenvalue weighted by atomic mass is 32.2. The highest BCUT2D eigenvalue weighted by Crippen LogP contribution is 2.30. The summed E-state index contributed by atoms with van der Waals surface area (Å²) in [4.78, 5) is 25.8. The van der Waals surface area contributed by atoms with Crippen LogP contribution in [0.5, 0.6) is 0 Å². The van der Waals surface area contributed by atoms with Crippen LogP contribution < -0.4 is 0 Å². The number of carbonyl (C=O) groups excluding carboxylic acids is 2. The number of hydrogen-bond donors (Lipinski definition) is 0. The molecular formula is C23H43NO5S. The average Bonchev–Trinajstić information content (AvgIpc) is 2.63. The Balaban J connectivity index is 0. The summed E-state index contributed by atoms with van der Waals surface area (Å²) in [5.74, 6) is -0.184. The van der Waals surface area contributed by atoms with Crippen molar-refractivity contribution in [3.63, 3.8) is 0 Å². The SMILES string of the molecule is C=C(C)N1CCC(SCOC(=O)OC(C)C)/C(=C\C(=O)OC(C)(C)C)C1.CC.CC. The fourth-order valence-corrected chi connectivity index (χ4v) is 3.35. The molecule has 1 heterocycles. The molecule has 0 aromatic rings. The maximum absolute atomic E-state index is 12.2. The van der Waals surface area contributed by atoms with Crippen LogP contribution in [0.2, 0.25) is 0 Å². The summed E-state index contributed by atoms with van der Waals surface area (Å²) < 4.78 is 15.4. The first-order chi connectivity index (χ1) is 14.0. The maximum Gasteiger partial charge on any atom is 0.509 e. The Morgan fingerprint density at radius 2 is 1.80 bits per heavy atom. The third kappa shape index (κ3) is 14.4. The fourth-order valence-electron chi connectivity index (χ4n) is 2.39. The van der Waals surface area contributed by atoms with Gasteiger partial charge in [0, 0.05) is 30.1 Å². The summed E-state index contributed by atoms with van der Waals surface area (Å²) in [5, 5.41) is 0.0740. The lowest BCUT2D eigenvalue weighted by Gasteiger charge is -2.35. The Bertz CT molecular complexity index is 552. The number of esters is 1. The van der Waals surface area contributed by atoms with Crippen LogP contribution in [0.15, 0.2) is 23.9 Å². The zero-order valence-corrected chi connectivity index (χ0v) is 21.5. The zero-order valence-electron chi connectivity index (χ0n) is 20.7. The topological polar surface area (TPSA) is 65.1 Å². The number of rotatable bonds is 6. The van der Waals surface area contributed by atoms with Gasteiger partial charge in [-0.1, -0.05) is 34.3 Å². The van der Waals surface area contributed by atoms with Gasteiger partial charge in [-0.05, 0) is 53.5 Å². The van der Waals surface area contributed by atoms with Gasteiger partial charge in [-0.2, -0.15) is 0 Å². The van der Waals surface area contributed by atoms with Gasteiger partial charge < -0.3 is 19.1 Å². The minimum Gasteiger partial charge on any atom is -0.457 e. The summed E-state index contributed by atoms with van der Waals surface area (Å²) in [6, 6.07) is 0. The number of likely N-dealkylation sites (tertiary alicyclic amines) is 1. The van der Waals surface area contributed by atoms with Crippen LogP contribution >= 0.6 is 11.8 Å². The molecule has 0 aliphatic carbocycles. The maximum atomic E-state index is 12.2. The monoisotopic (exact) mass is 445 g/mol. The van der Waals surface area contributed by atoms with Crippen molar-refractivity contribution < 1.29 is 23.8 Å². The molecule has 0 radical (unpaired) electrons. The lowest BCUT2D eigenvalue weighted by atomic mass is 10.0. The predicted octanol–water partition coefficient (Wildman–Crippen LogP) is 6.17. The highest BCUT2D eigenvalue weighted by Gasteiger charge is 2.26. The molecule has 0 aromatic carbocycles. The van der Waals surface area contributed by atoms with Crippen molar-refractivity contribution in [2.75, 3.05) is 19.0 Å². The molecule has 1 saturated heterocycles. The molecule has 176 valence electrons. The molecule has 30 heavy (non-hydrogen) atoms. The lowest BCUT2D eigenvalue weighted by Crippen LogP contribution is -2.36. The van der Waals surface area contributed by atoms with Gasteiger partial charge in [0.25, 0.3) is 0 Å². The minimum absolute atomic E-state index is 0.0740. The Hall–Kier alpha value is -1.63. The fraction of sp³-hybridized carbons (Fsp3) is 0.739. The molecule has 1 atom stereocenters. The molecule has 0 bridgehead atoms. The van der Waals surface area contributed by atoms with E-state index in [4.69, 9.17) is 14.2 Å². The van der Waals surface area contributed by atoms with Crippen molar-refractivity contribution >= 4 is 23.9 Å². The Labute approximate surface area is 188 Å². The van der Waals surface area contributed by atoms with Gasteiger partial charge in [-0.15, -0.1) is 11.8 Å². The average molecular weight is 446 g/mol. The second-order valence-corrected chi connectivity index (χ2v) is 8.67. The van der Waals surface area contributed by atoms with Crippen molar-refractivity contribution in [2.45, 2.75) is 92.6 Å². The van der Waals surface area contributed by atoms with Crippen LogP contribution in [0.3, 0.4) is 0 Å². The molecular weight excluding hydrogens is 402 g/mol. The van der Waals surface area contributed by atoms with E-state index in [-0.39, 0.29) is 23.3 Å². The number of hydrogen-bond acceptors (Lipinski definition) is 7. The number of nitrogens with zero attached hydrogens (tertiary/aromatic N) is 1. The Morgan fingerprint density at radius 1 is 1.23 bits per heavy atom. The van der Waals surface area contributed by atoms with Crippen molar-refractivity contribution in [1.82, 2.24) is 4.90 Å². The van der Waals surface area contributed by atoms with E-state index in [1.54, 1.807) is 19.9 Å². The third-order valence-electron chi connectivity index (χ3n) is 3.48. The van der Waals surface area contributed by atoms with E-state index in [9.17, 15) is 9.59 Å². The zero-order chi connectivity index (χ0) is 23.9. The van der Waals surface area contributed by atoms with Crippen LogP contribution in [0.1, 0.15) is 75.7 Å². The van der Waals surface area contributed by atoms with E-state index >= 15 is 0 Å². The summed E-state index contributed by atoms with van der Waals surface area (Å²) in [7, 11) is 0. The van der Waals surface area contributed by atoms with Gasteiger partial charge >= 0.3 is 12.1 Å². The molecule has 0 spiro atoms. The second kappa shape index (κ2) is 16.1. The minimum atomic E-state index is -0.676. The molecule has 7 heteroatoms. The summed E-state index contributed by atoms with van der Waals surface area (Å²) in [5.41, 5.74) is 1.36. The summed E-state index contributed by atoms with van der Waals surface area (Å²) in [6.45, 7) is 24.4. The molecule has 0 N–H and O–H groups in total. The number of allylic oxidation sites excluding steroid dienone is 1. The number of piperidine rings is 1. The standard InChI is InChI=1S/C19H31NO5S.2C2H6/c1-13(2)20-9-8-16(26-12-23-18(22)24-14(3)4)15(11-20)10-17(21)25-19(5,6)7;2*1-2/h10,14,16H,1,8-9,11-12H2,2-7H3;2*1-2H3/b15-10-;;. The van der Waals surface area contributed by atoms with Crippen LogP contribution in [0.4, 0.5) is 4.79 Å². The van der Waals surface area contributed by atoms with Crippen LogP contribution in [-0.4, -0.2) is 53.0 Å². The van der Waals surface area contributed by atoms with Crippen molar-refractivity contribution in [3.05, 3.63) is 23.9 Å². The predicted molar refractivity (Wildman–Crippen MR) is 127 cm³/mol. The van der Waals surface area contributed by atoms with Gasteiger partial charge in [0.05, 0.1) is 6.10 Å². The van der Waals surface area contributed by atoms with Crippen molar-refractivity contribution in [2.24, 2.45) is 0 Å². The van der Waals surface area contributed by atoms with E-state index in [0.29, 0.717) is 6.54 Å². The normalized spacial score (nSPS) is 17.2. The molecule has 1 fully saturated rings. The first-order valence-electron chi connectivity index (χ1n) is 10.8. The van der Waals surface area contributed by atoms with Crippen LogP contribution in [0.25, 0.3) is 0 Å². The van der Waals surface area contributed by atoms with Gasteiger partial charge in [0.15, 0.2) is 0 Å². The van der Waals surface area contributed by atoms with Crippen LogP contribution in [-0.2, 0) is 19.0 Å². The molecule has 1 aliphatic heterocycles. The largest absolute Gasteiger partial charge is 0.509 e. The summed E-state index contributed by atoms with van der Waals surface area (Å²) in [6.07, 6.45) is 1.50. The molecule has 1 aliphatic rings. The Morgan fingerprint density at radius 3 is 2.27 bits per heavy atom. The van der Waals surface area contributed by atoms with E-state index in [1.165, 1.54) is 11.8 Å². The molecule has 6 nitrogen and oxygen atoms in total. The van der Waals surface area contributed by atoms with Gasteiger partial charge in [-0.25, -0.2) is 9.59 Å². The molecule has 1 unspecified atom stereocenters. The van der Waals surface area contributed by atoms with E-state index < -0.39 is 11.8 Å². The second-order valence-electron chi connectivity index (χ2n) is 7.53. The first kappa shape index (κ1) is 30.6. The smallest absolute Gasteiger partial charge is 0.457 e. The lowest BCUT2D eigenvalue weighted by molar-refractivity contribution is -0.148. The quantitative estimate of drug-likeness (QED) is 0.275. The van der Waals surface area contributed by atoms with E-state index in [1.807, 2.05) is 55.4 Å². The highest BCUT2D eigenvalue weighted by molar-refractivity contribution is 7.99. The van der Waals surface area contributed by atoms with Crippen molar-refractivity contribution in [3.8, 4) is 0 Å². The number of carbonyl (C=O) groups is 2. The molecule has 1 rings (SSSR count). The first-order valence-corrected chi connectivity index (χ1v) is 11.8. The summed E-state index contributed by atoms with van der Waals surface area (Å²) >= 11 is 1.48. The van der Waals surface area contributed by atoms with Crippen LogP contribution in [0, 0.1) is 0 Å². The molecule has 0 amide bonds.